The van der Waals surface area contributed by atoms with Gasteiger partial charge in [0, 0.05) is 12.1 Å². The monoisotopic (exact) mass is 329 g/mol. The van der Waals surface area contributed by atoms with E-state index in [4.69, 9.17) is 11.0 Å². The van der Waals surface area contributed by atoms with Crippen LogP contribution in [0.5, 0.6) is 0 Å². The minimum Gasteiger partial charge on any atom is -0.389 e. The molecule has 1 aromatic heterocycles. The Bertz CT molecular complexity index is 833. The van der Waals surface area contributed by atoms with Crippen molar-refractivity contribution in [3.63, 3.8) is 0 Å². The SMILES string of the molecule is Cc1c(C(=O)NN=Cc2ccc([N+](=O)[O-])cc2)sc(N)c1C#N. The molecule has 0 atom stereocenters. The molecule has 8 nitrogen and oxygen atoms in total. The van der Waals surface area contributed by atoms with Crippen molar-refractivity contribution >= 4 is 34.1 Å². The molecule has 0 saturated heterocycles. The van der Waals surface area contributed by atoms with E-state index in [2.05, 4.69) is 10.5 Å². The van der Waals surface area contributed by atoms with Crippen LogP contribution < -0.4 is 11.2 Å². The summed E-state index contributed by atoms with van der Waals surface area (Å²) in [5, 5.41) is 23.6. The van der Waals surface area contributed by atoms with Gasteiger partial charge in [0.05, 0.1) is 16.7 Å². The number of hydrazone groups is 1. The number of nitro groups is 1. The summed E-state index contributed by atoms with van der Waals surface area (Å²) >= 11 is 1.02. The van der Waals surface area contributed by atoms with Gasteiger partial charge in [-0.25, -0.2) is 5.43 Å². The largest absolute Gasteiger partial charge is 0.389 e. The van der Waals surface area contributed by atoms with Gasteiger partial charge in [0.25, 0.3) is 11.6 Å². The number of rotatable bonds is 4. The first-order valence-corrected chi connectivity index (χ1v) is 7.12. The average molecular weight is 329 g/mol. The Hall–Kier alpha value is -3.25. The van der Waals surface area contributed by atoms with E-state index in [9.17, 15) is 14.9 Å². The van der Waals surface area contributed by atoms with Gasteiger partial charge in [-0.05, 0) is 30.2 Å². The molecule has 0 bridgehead atoms. The normalized spacial score (nSPS) is 10.4. The van der Waals surface area contributed by atoms with E-state index in [0.717, 1.165) is 11.3 Å². The third-order valence-corrected chi connectivity index (χ3v) is 4.10. The molecule has 2 aromatic rings. The first-order chi connectivity index (χ1) is 10.9. The lowest BCUT2D eigenvalue weighted by atomic mass is 10.2. The highest BCUT2D eigenvalue weighted by molar-refractivity contribution is 7.18. The van der Waals surface area contributed by atoms with Crippen molar-refractivity contribution in [1.82, 2.24) is 5.43 Å². The molecular weight excluding hydrogens is 318 g/mol. The zero-order chi connectivity index (χ0) is 17.0. The lowest BCUT2D eigenvalue weighted by molar-refractivity contribution is -0.384. The summed E-state index contributed by atoms with van der Waals surface area (Å²) in [5.74, 6) is -0.473. The van der Waals surface area contributed by atoms with Crippen LogP contribution in [0.2, 0.25) is 0 Å². The predicted molar refractivity (Wildman–Crippen MR) is 86.3 cm³/mol. The zero-order valence-electron chi connectivity index (χ0n) is 11.9. The number of anilines is 1. The molecule has 116 valence electrons. The second-order valence-corrected chi connectivity index (χ2v) is 5.51. The van der Waals surface area contributed by atoms with Crippen molar-refractivity contribution in [3.8, 4) is 6.07 Å². The van der Waals surface area contributed by atoms with Gasteiger partial charge in [-0.3, -0.25) is 14.9 Å². The molecule has 1 heterocycles. The number of hydrogen-bond acceptors (Lipinski definition) is 7. The van der Waals surface area contributed by atoms with E-state index in [1.165, 1.54) is 30.5 Å². The summed E-state index contributed by atoms with van der Waals surface area (Å²) in [4.78, 5) is 22.4. The smallest absolute Gasteiger partial charge is 0.281 e. The summed E-state index contributed by atoms with van der Waals surface area (Å²) < 4.78 is 0. The fourth-order valence-corrected chi connectivity index (χ4v) is 2.70. The van der Waals surface area contributed by atoms with E-state index in [-0.39, 0.29) is 10.7 Å². The number of nitro benzene ring substituents is 1. The van der Waals surface area contributed by atoms with Gasteiger partial charge in [-0.15, -0.1) is 11.3 Å². The minimum atomic E-state index is -0.501. The molecular formula is C14H11N5O3S. The number of nitrogens with two attached hydrogens (primary N) is 1. The number of nitrogens with one attached hydrogen (secondary N) is 1. The van der Waals surface area contributed by atoms with Crippen LogP contribution in [-0.4, -0.2) is 17.0 Å². The molecule has 2 rings (SSSR count). The van der Waals surface area contributed by atoms with Crippen LogP contribution >= 0.6 is 11.3 Å². The third kappa shape index (κ3) is 3.50. The molecule has 1 aromatic carbocycles. The fourth-order valence-electron chi connectivity index (χ4n) is 1.79. The van der Waals surface area contributed by atoms with Gasteiger partial charge in [0.15, 0.2) is 0 Å². The maximum Gasteiger partial charge on any atom is 0.281 e. The van der Waals surface area contributed by atoms with E-state index < -0.39 is 10.8 Å². The Labute approximate surface area is 135 Å². The highest BCUT2D eigenvalue weighted by Crippen LogP contribution is 2.29. The first-order valence-electron chi connectivity index (χ1n) is 6.31. The summed E-state index contributed by atoms with van der Waals surface area (Å²) in [7, 11) is 0. The number of nitrogen functional groups attached to an aromatic ring is 1. The predicted octanol–water partition coefficient (Wildman–Crippen LogP) is 2.18. The van der Waals surface area contributed by atoms with Crippen molar-refractivity contribution in [1.29, 1.82) is 5.26 Å². The lowest BCUT2D eigenvalue weighted by Gasteiger charge is -1.98. The Balaban J connectivity index is 2.07. The second-order valence-electron chi connectivity index (χ2n) is 4.46. The standard InChI is InChI=1S/C14H11N5O3S/c1-8-11(6-15)13(16)23-12(8)14(20)18-17-7-9-2-4-10(5-3-9)19(21)22/h2-5,7H,16H2,1H3,(H,18,20). The number of hydrogen-bond donors (Lipinski definition) is 2. The molecule has 0 fully saturated rings. The molecule has 0 spiro atoms. The Kier molecular flexibility index (Phi) is 4.68. The number of carbonyl (C=O) groups excluding carboxylic acids is 1. The molecule has 0 aliphatic heterocycles. The van der Waals surface area contributed by atoms with E-state index in [1.54, 1.807) is 6.92 Å². The summed E-state index contributed by atoms with van der Waals surface area (Å²) in [6.45, 7) is 1.64. The van der Waals surface area contributed by atoms with Crippen molar-refractivity contribution in [2.24, 2.45) is 5.10 Å². The van der Waals surface area contributed by atoms with Crippen molar-refractivity contribution in [2.75, 3.05) is 5.73 Å². The molecule has 0 saturated carbocycles. The van der Waals surface area contributed by atoms with Crippen LogP contribution in [0.15, 0.2) is 29.4 Å². The molecule has 3 N–H and O–H groups in total. The van der Waals surface area contributed by atoms with Crippen molar-refractivity contribution in [3.05, 3.63) is 55.9 Å². The minimum absolute atomic E-state index is 0.0279. The molecule has 0 aliphatic rings. The van der Waals surface area contributed by atoms with E-state index in [1.807, 2.05) is 6.07 Å². The highest BCUT2D eigenvalue weighted by atomic mass is 32.1. The topological polar surface area (TPSA) is 134 Å². The van der Waals surface area contributed by atoms with Crippen molar-refractivity contribution in [2.45, 2.75) is 6.92 Å². The van der Waals surface area contributed by atoms with Crippen LogP contribution in [0.25, 0.3) is 0 Å². The molecule has 0 radical (unpaired) electrons. The fraction of sp³-hybridized carbons (Fsp3) is 0.0714. The van der Waals surface area contributed by atoms with Gasteiger partial charge >= 0.3 is 0 Å². The summed E-state index contributed by atoms with van der Waals surface area (Å²) in [6.07, 6.45) is 1.36. The Morgan fingerprint density at radius 1 is 1.48 bits per heavy atom. The van der Waals surface area contributed by atoms with Crippen LogP contribution in [0.4, 0.5) is 10.7 Å². The van der Waals surface area contributed by atoms with E-state index in [0.29, 0.717) is 21.6 Å². The van der Waals surface area contributed by atoms with Gasteiger partial charge in [-0.2, -0.15) is 10.4 Å². The molecule has 0 aliphatic carbocycles. The van der Waals surface area contributed by atoms with Gasteiger partial charge in [0.2, 0.25) is 0 Å². The number of carbonyl (C=O) groups is 1. The number of nitrogens with zero attached hydrogens (tertiary/aromatic N) is 3. The first kappa shape index (κ1) is 16.1. The number of non-ortho nitro benzene ring substituents is 1. The Morgan fingerprint density at radius 3 is 2.65 bits per heavy atom. The van der Waals surface area contributed by atoms with Gasteiger partial charge < -0.3 is 5.73 Å². The maximum atomic E-state index is 12.0. The van der Waals surface area contributed by atoms with Gasteiger partial charge in [0.1, 0.15) is 15.9 Å². The second kappa shape index (κ2) is 6.67. The summed E-state index contributed by atoms with van der Waals surface area (Å²) in [5.41, 5.74) is 9.37. The molecule has 0 unspecified atom stereocenters. The zero-order valence-corrected chi connectivity index (χ0v) is 12.8. The third-order valence-electron chi connectivity index (χ3n) is 2.98. The molecule has 9 heteroatoms. The molecule has 23 heavy (non-hydrogen) atoms. The highest BCUT2D eigenvalue weighted by Gasteiger charge is 2.18. The van der Waals surface area contributed by atoms with Crippen molar-refractivity contribution < 1.29 is 9.72 Å². The number of amides is 1. The van der Waals surface area contributed by atoms with Crippen LogP contribution in [-0.2, 0) is 0 Å². The number of benzene rings is 1. The van der Waals surface area contributed by atoms with Gasteiger partial charge in [-0.1, -0.05) is 0 Å². The quantitative estimate of drug-likeness (QED) is 0.503. The van der Waals surface area contributed by atoms with Crippen LogP contribution in [0.1, 0.15) is 26.4 Å². The number of thiophene rings is 1. The number of nitriles is 1. The maximum absolute atomic E-state index is 12.0. The van der Waals surface area contributed by atoms with Crippen LogP contribution in [0.3, 0.4) is 0 Å². The Morgan fingerprint density at radius 2 is 2.13 bits per heavy atom. The molecule has 1 amide bonds. The lowest BCUT2D eigenvalue weighted by Crippen LogP contribution is -2.17. The van der Waals surface area contributed by atoms with E-state index >= 15 is 0 Å². The summed E-state index contributed by atoms with van der Waals surface area (Å²) in [6, 6.07) is 7.65. The average Bonchev–Trinajstić information content (AvgIpc) is 2.82. The van der Waals surface area contributed by atoms with Crippen LogP contribution in [0, 0.1) is 28.4 Å².